The summed E-state index contributed by atoms with van der Waals surface area (Å²) < 4.78 is 7.14. The van der Waals surface area contributed by atoms with Crippen LogP contribution in [0.2, 0.25) is 0 Å². The van der Waals surface area contributed by atoms with Gasteiger partial charge in [0.2, 0.25) is 0 Å². The van der Waals surface area contributed by atoms with Crippen LogP contribution in [0.3, 0.4) is 0 Å². The van der Waals surface area contributed by atoms with Gasteiger partial charge in [-0.1, -0.05) is 12.8 Å². The molecular weight excluding hydrogens is 365 g/mol. The second kappa shape index (κ2) is 6.13. The molecule has 2 aliphatic rings. The van der Waals surface area contributed by atoms with Crippen LogP contribution in [-0.2, 0) is 4.74 Å². The lowest BCUT2D eigenvalue weighted by Crippen LogP contribution is -2.13. The maximum atomic E-state index is 5.95. The summed E-state index contributed by atoms with van der Waals surface area (Å²) in [6.45, 7) is 2.13. The van der Waals surface area contributed by atoms with Crippen molar-refractivity contribution >= 4 is 28.4 Å². The molecule has 3 rings (SSSR count). The first-order valence-electron chi connectivity index (χ1n) is 7.59. The first kappa shape index (κ1) is 14.5. The van der Waals surface area contributed by atoms with E-state index in [1.807, 2.05) is 7.05 Å². The highest BCUT2D eigenvalue weighted by atomic mass is 127. The Kier molecular flexibility index (Phi) is 4.45. The van der Waals surface area contributed by atoms with Gasteiger partial charge >= 0.3 is 0 Å². The van der Waals surface area contributed by atoms with E-state index in [-0.39, 0.29) is 6.10 Å². The zero-order chi connectivity index (χ0) is 14.1. The molecule has 110 valence electrons. The molecular formula is C15H22IN3O. The highest BCUT2D eigenvalue weighted by Gasteiger charge is 2.29. The molecule has 5 heteroatoms. The molecule has 2 fully saturated rings. The molecule has 1 aliphatic heterocycles. The molecule has 0 aromatic carbocycles. The van der Waals surface area contributed by atoms with Gasteiger partial charge in [0.25, 0.3) is 0 Å². The number of nitrogens with one attached hydrogen (secondary N) is 1. The van der Waals surface area contributed by atoms with Crippen LogP contribution >= 0.6 is 22.6 Å². The van der Waals surface area contributed by atoms with Crippen LogP contribution in [0.5, 0.6) is 0 Å². The molecule has 1 N–H and O–H groups in total. The molecule has 1 saturated heterocycles. The number of rotatable bonds is 3. The zero-order valence-corrected chi connectivity index (χ0v) is 14.3. The fourth-order valence-electron chi connectivity index (χ4n) is 3.25. The smallest absolute Gasteiger partial charge is 0.159 e. The minimum absolute atomic E-state index is 0.0780. The Morgan fingerprint density at radius 3 is 2.50 bits per heavy atom. The van der Waals surface area contributed by atoms with E-state index in [1.54, 1.807) is 0 Å². The van der Waals surface area contributed by atoms with Crippen LogP contribution < -0.4 is 5.32 Å². The molecule has 1 aromatic heterocycles. The molecule has 20 heavy (non-hydrogen) atoms. The van der Waals surface area contributed by atoms with E-state index in [9.17, 15) is 0 Å². The molecule has 1 aliphatic carbocycles. The summed E-state index contributed by atoms with van der Waals surface area (Å²) >= 11 is 2.39. The number of anilines is 1. The van der Waals surface area contributed by atoms with Crippen molar-refractivity contribution in [1.82, 2.24) is 9.97 Å². The average molecular weight is 387 g/mol. The normalized spacial score (nSPS) is 27.1. The van der Waals surface area contributed by atoms with E-state index >= 15 is 0 Å². The van der Waals surface area contributed by atoms with E-state index in [1.165, 1.54) is 34.9 Å². The average Bonchev–Trinajstić information content (AvgIpc) is 3.10. The largest absolute Gasteiger partial charge is 0.372 e. The van der Waals surface area contributed by atoms with Gasteiger partial charge in [-0.15, -0.1) is 0 Å². The fraction of sp³-hybridized carbons (Fsp3) is 0.733. The number of hydrogen-bond donors (Lipinski definition) is 1. The molecule has 2 atom stereocenters. The van der Waals surface area contributed by atoms with Gasteiger partial charge in [-0.05, 0) is 55.2 Å². The first-order chi connectivity index (χ1) is 9.69. The Balaban J connectivity index is 1.96. The van der Waals surface area contributed by atoms with Gasteiger partial charge in [-0.2, -0.15) is 0 Å². The minimum atomic E-state index is 0.0780. The van der Waals surface area contributed by atoms with Crippen molar-refractivity contribution in [2.24, 2.45) is 0 Å². The summed E-state index contributed by atoms with van der Waals surface area (Å²) in [5.41, 5.74) is 1.24. The van der Waals surface area contributed by atoms with Crippen LogP contribution in [0, 0.1) is 3.57 Å². The zero-order valence-electron chi connectivity index (χ0n) is 12.2. The molecule has 0 spiro atoms. The second-order valence-corrected chi connectivity index (χ2v) is 6.95. The van der Waals surface area contributed by atoms with Gasteiger partial charge in [0, 0.05) is 13.0 Å². The highest BCUT2D eigenvalue weighted by Crippen LogP contribution is 2.39. The summed E-state index contributed by atoms with van der Waals surface area (Å²) in [6.07, 6.45) is 7.72. The Morgan fingerprint density at radius 1 is 1.15 bits per heavy atom. The molecule has 1 aromatic rings. The van der Waals surface area contributed by atoms with Gasteiger partial charge in [0.05, 0.1) is 15.4 Å². The van der Waals surface area contributed by atoms with Crippen molar-refractivity contribution in [3.63, 3.8) is 0 Å². The first-order valence-corrected chi connectivity index (χ1v) is 8.67. The molecule has 2 heterocycles. The maximum absolute atomic E-state index is 5.95. The lowest BCUT2D eigenvalue weighted by molar-refractivity contribution is 0.0501. The molecule has 0 amide bonds. The topological polar surface area (TPSA) is 47.0 Å². The van der Waals surface area contributed by atoms with Crippen LogP contribution in [0.15, 0.2) is 0 Å². The van der Waals surface area contributed by atoms with Gasteiger partial charge < -0.3 is 10.1 Å². The van der Waals surface area contributed by atoms with Gasteiger partial charge in [-0.3, -0.25) is 0 Å². The predicted octanol–water partition coefficient (Wildman–Crippen LogP) is 4.02. The number of halogens is 1. The third kappa shape index (κ3) is 2.79. The summed E-state index contributed by atoms with van der Waals surface area (Å²) in [6, 6.07) is 0. The second-order valence-electron chi connectivity index (χ2n) is 5.87. The van der Waals surface area contributed by atoms with Crippen molar-refractivity contribution in [2.75, 3.05) is 12.4 Å². The lowest BCUT2D eigenvalue weighted by Gasteiger charge is -2.18. The van der Waals surface area contributed by atoms with Crippen molar-refractivity contribution < 1.29 is 4.74 Å². The monoisotopic (exact) mass is 387 g/mol. The van der Waals surface area contributed by atoms with E-state index < -0.39 is 0 Å². The van der Waals surface area contributed by atoms with E-state index in [0.29, 0.717) is 12.0 Å². The van der Waals surface area contributed by atoms with E-state index in [0.717, 1.165) is 24.5 Å². The van der Waals surface area contributed by atoms with Crippen molar-refractivity contribution in [3.05, 3.63) is 15.1 Å². The summed E-state index contributed by atoms with van der Waals surface area (Å²) in [5, 5.41) is 3.22. The molecule has 2 unspecified atom stereocenters. The summed E-state index contributed by atoms with van der Waals surface area (Å²) in [7, 11) is 1.94. The molecule has 1 saturated carbocycles. The Bertz CT molecular complexity index is 488. The minimum Gasteiger partial charge on any atom is -0.372 e. The number of nitrogens with zero attached hydrogens (tertiary/aromatic N) is 2. The number of hydrogen-bond acceptors (Lipinski definition) is 4. The van der Waals surface area contributed by atoms with Crippen molar-refractivity contribution in [2.45, 2.75) is 63.6 Å². The van der Waals surface area contributed by atoms with E-state index in [2.05, 4.69) is 39.8 Å². The molecule has 0 bridgehead atoms. The Hall–Kier alpha value is -0.430. The third-order valence-electron chi connectivity index (χ3n) is 4.39. The van der Waals surface area contributed by atoms with Crippen LogP contribution in [0.25, 0.3) is 0 Å². The van der Waals surface area contributed by atoms with E-state index in [4.69, 9.17) is 9.72 Å². The van der Waals surface area contributed by atoms with Gasteiger partial charge in [0.1, 0.15) is 11.9 Å². The molecule has 0 radical (unpaired) electrons. The summed E-state index contributed by atoms with van der Waals surface area (Å²) in [5.74, 6) is 2.44. The summed E-state index contributed by atoms with van der Waals surface area (Å²) in [4.78, 5) is 9.58. The van der Waals surface area contributed by atoms with Gasteiger partial charge in [-0.25, -0.2) is 9.97 Å². The van der Waals surface area contributed by atoms with Crippen LogP contribution in [-0.4, -0.2) is 23.1 Å². The standard InChI is InChI=1S/C15H22IN3O/c1-9-7-8-11(20-9)14-18-13(10-5-3-4-6-10)12(16)15(17-2)19-14/h9-11H,3-8H2,1-2H3,(H,17,18,19). The van der Waals surface area contributed by atoms with Crippen molar-refractivity contribution in [3.8, 4) is 0 Å². The SMILES string of the molecule is CNc1nc(C2CCC(C)O2)nc(C2CCCC2)c1I. The van der Waals surface area contributed by atoms with Gasteiger partial charge in [0.15, 0.2) is 5.82 Å². The fourth-order valence-corrected chi connectivity index (χ4v) is 4.21. The highest BCUT2D eigenvalue weighted by molar-refractivity contribution is 14.1. The van der Waals surface area contributed by atoms with Crippen molar-refractivity contribution in [1.29, 1.82) is 0 Å². The Labute approximate surface area is 134 Å². The lowest BCUT2D eigenvalue weighted by atomic mass is 10.0. The van der Waals surface area contributed by atoms with Crippen LogP contribution in [0.1, 0.15) is 69.0 Å². The number of aromatic nitrogens is 2. The third-order valence-corrected chi connectivity index (χ3v) is 5.46. The predicted molar refractivity (Wildman–Crippen MR) is 88.0 cm³/mol. The number of ether oxygens (including phenoxy) is 1. The quantitative estimate of drug-likeness (QED) is 0.796. The maximum Gasteiger partial charge on any atom is 0.159 e. The van der Waals surface area contributed by atoms with Crippen LogP contribution in [0.4, 0.5) is 5.82 Å². The Morgan fingerprint density at radius 2 is 1.90 bits per heavy atom. The molecule has 4 nitrogen and oxygen atoms in total.